The first-order valence-corrected chi connectivity index (χ1v) is 13.0. The minimum absolute atomic E-state index is 0.122. The van der Waals surface area contributed by atoms with Crippen molar-refractivity contribution in [3.8, 4) is 11.5 Å². The van der Waals surface area contributed by atoms with Gasteiger partial charge >= 0.3 is 6.03 Å². The van der Waals surface area contributed by atoms with E-state index in [1.807, 2.05) is 37.3 Å². The number of urea groups is 1. The fourth-order valence-corrected chi connectivity index (χ4v) is 4.73. The van der Waals surface area contributed by atoms with Gasteiger partial charge in [0.05, 0.1) is 12.6 Å². The van der Waals surface area contributed by atoms with Crippen molar-refractivity contribution >= 4 is 29.2 Å². The predicted octanol–water partition coefficient (Wildman–Crippen LogP) is 5.21. The predicted molar refractivity (Wildman–Crippen MR) is 141 cm³/mol. The highest BCUT2D eigenvalue weighted by Gasteiger charge is 2.27. The highest BCUT2D eigenvalue weighted by atomic mass is 35.5. The van der Waals surface area contributed by atoms with Crippen LogP contribution in [0.4, 0.5) is 10.5 Å². The van der Waals surface area contributed by atoms with Crippen molar-refractivity contribution in [3.05, 3.63) is 76.7 Å². The minimum atomic E-state index is -0.395. The first-order valence-electron chi connectivity index (χ1n) is 12.6. The number of carbonyl (C=O) groups is 2. The van der Waals surface area contributed by atoms with Gasteiger partial charge in [0.25, 0.3) is 0 Å². The Kier molecular flexibility index (Phi) is 8.05. The second kappa shape index (κ2) is 11.8. The molecule has 3 heterocycles. The summed E-state index contributed by atoms with van der Waals surface area (Å²) in [4.78, 5) is 30.2. The summed E-state index contributed by atoms with van der Waals surface area (Å²) >= 11 is 6.09. The molecule has 9 nitrogen and oxygen atoms in total. The number of carbonyl (C=O) groups excluding carboxylic acids is 2. The minimum Gasteiger partial charge on any atom is -0.464 e. The summed E-state index contributed by atoms with van der Waals surface area (Å²) in [5.74, 6) is 2.51. The normalized spacial score (nSPS) is 15.9. The number of nitrogens with zero attached hydrogens (tertiary/aromatic N) is 2. The van der Waals surface area contributed by atoms with Crippen LogP contribution in [-0.4, -0.2) is 54.3 Å². The van der Waals surface area contributed by atoms with Gasteiger partial charge in [0.2, 0.25) is 12.7 Å². The van der Waals surface area contributed by atoms with Gasteiger partial charge in [-0.05, 0) is 67.8 Å². The lowest BCUT2D eigenvalue weighted by Gasteiger charge is -2.29. The lowest BCUT2D eigenvalue weighted by molar-refractivity contribution is -0.133. The maximum absolute atomic E-state index is 13.7. The maximum atomic E-state index is 13.7. The Morgan fingerprint density at radius 3 is 2.66 bits per heavy atom. The molecule has 3 amide bonds. The van der Waals surface area contributed by atoms with Crippen molar-refractivity contribution in [2.45, 2.75) is 39.0 Å². The zero-order valence-electron chi connectivity index (χ0n) is 21.2. The Labute approximate surface area is 226 Å². The molecule has 38 heavy (non-hydrogen) atoms. The maximum Gasteiger partial charge on any atom is 0.322 e. The van der Waals surface area contributed by atoms with Crippen LogP contribution in [0.15, 0.2) is 59.0 Å². The van der Waals surface area contributed by atoms with Crippen LogP contribution in [0.5, 0.6) is 11.5 Å². The summed E-state index contributed by atoms with van der Waals surface area (Å²) in [5, 5.41) is 3.37. The molecule has 0 aliphatic carbocycles. The van der Waals surface area contributed by atoms with Gasteiger partial charge in [0.15, 0.2) is 11.5 Å². The SMILES string of the molecule is Cc1ccc(CN(Cc2ccc3c(c2)OCO3)C(=O)CN(CC2CCCO2)C(=O)Nc2cccc(Cl)c2)o1. The number of nitrogens with one attached hydrogen (secondary N) is 1. The van der Waals surface area contributed by atoms with Gasteiger partial charge in [0, 0.05) is 30.4 Å². The first kappa shape index (κ1) is 25.9. The van der Waals surface area contributed by atoms with E-state index in [4.69, 9.17) is 30.2 Å². The largest absolute Gasteiger partial charge is 0.464 e. The first-order chi connectivity index (χ1) is 18.4. The quantitative estimate of drug-likeness (QED) is 0.401. The molecule has 0 saturated carbocycles. The third kappa shape index (κ3) is 6.59. The van der Waals surface area contributed by atoms with Crippen LogP contribution < -0.4 is 14.8 Å². The van der Waals surface area contributed by atoms with Crippen LogP contribution in [0.25, 0.3) is 0 Å². The van der Waals surface area contributed by atoms with Crippen molar-refractivity contribution in [1.82, 2.24) is 9.80 Å². The number of rotatable bonds is 9. The summed E-state index contributed by atoms with van der Waals surface area (Å²) in [6.07, 6.45) is 1.64. The summed E-state index contributed by atoms with van der Waals surface area (Å²) in [5.41, 5.74) is 1.43. The number of amides is 3. The zero-order chi connectivity index (χ0) is 26.5. The van der Waals surface area contributed by atoms with E-state index in [0.29, 0.717) is 47.7 Å². The van der Waals surface area contributed by atoms with Crippen LogP contribution in [0.3, 0.4) is 0 Å². The summed E-state index contributed by atoms with van der Waals surface area (Å²) in [7, 11) is 0. The van der Waals surface area contributed by atoms with E-state index >= 15 is 0 Å². The van der Waals surface area contributed by atoms with Crippen LogP contribution in [-0.2, 0) is 22.6 Å². The molecule has 3 aromatic rings. The average molecular weight is 540 g/mol. The van der Waals surface area contributed by atoms with Crippen molar-refractivity contribution < 1.29 is 28.2 Å². The monoisotopic (exact) mass is 539 g/mol. The number of halogens is 1. The van der Waals surface area contributed by atoms with Crippen molar-refractivity contribution in [2.24, 2.45) is 0 Å². The number of benzene rings is 2. The second-order valence-electron chi connectivity index (χ2n) is 9.41. The van der Waals surface area contributed by atoms with Crippen molar-refractivity contribution in [3.63, 3.8) is 0 Å². The topological polar surface area (TPSA) is 93.5 Å². The van der Waals surface area contributed by atoms with Crippen LogP contribution in [0.1, 0.15) is 29.9 Å². The Morgan fingerprint density at radius 2 is 1.89 bits per heavy atom. The van der Waals surface area contributed by atoms with E-state index in [1.165, 1.54) is 4.90 Å². The van der Waals surface area contributed by atoms with E-state index in [-0.39, 0.29) is 31.9 Å². The molecular formula is C28H30ClN3O6. The molecule has 2 aliphatic rings. The standard InChI is InChI=1S/C28H30ClN3O6/c1-19-7-9-24(38-19)16-31(14-20-8-10-25-26(12-20)37-18-36-25)27(33)17-32(15-23-6-3-11-35-23)28(34)30-22-5-2-4-21(29)13-22/h2,4-5,7-10,12-13,23H,3,6,11,14-18H2,1H3,(H,30,34). The number of ether oxygens (including phenoxy) is 3. The van der Waals surface area contributed by atoms with Crippen LogP contribution in [0.2, 0.25) is 5.02 Å². The molecule has 1 saturated heterocycles. The molecule has 1 fully saturated rings. The highest BCUT2D eigenvalue weighted by molar-refractivity contribution is 6.30. The number of fused-ring (bicyclic) bond motifs is 1. The second-order valence-corrected chi connectivity index (χ2v) is 9.84. The fraction of sp³-hybridized carbons (Fsp3) is 0.357. The Hall–Kier alpha value is -3.69. The van der Waals surface area contributed by atoms with Gasteiger partial charge in [-0.1, -0.05) is 23.7 Å². The van der Waals surface area contributed by atoms with Gasteiger partial charge in [-0.25, -0.2) is 4.79 Å². The Bertz CT molecular complexity index is 1290. The molecule has 1 N–H and O–H groups in total. The van der Waals surface area contributed by atoms with E-state index in [1.54, 1.807) is 29.2 Å². The molecule has 0 spiro atoms. The van der Waals surface area contributed by atoms with E-state index in [9.17, 15) is 9.59 Å². The Morgan fingerprint density at radius 1 is 1.03 bits per heavy atom. The molecule has 5 rings (SSSR count). The van der Waals surface area contributed by atoms with Gasteiger partial charge in [-0.2, -0.15) is 0 Å². The molecule has 2 aliphatic heterocycles. The van der Waals surface area contributed by atoms with Crippen LogP contribution >= 0.6 is 11.6 Å². The number of furan rings is 1. The molecule has 2 aromatic carbocycles. The van der Waals surface area contributed by atoms with Gasteiger partial charge in [-0.3, -0.25) is 4.79 Å². The lowest BCUT2D eigenvalue weighted by Crippen LogP contribution is -2.46. The third-order valence-corrected chi connectivity index (χ3v) is 6.68. The third-order valence-electron chi connectivity index (χ3n) is 6.44. The molecule has 10 heteroatoms. The van der Waals surface area contributed by atoms with Gasteiger partial charge in [0.1, 0.15) is 18.1 Å². The number of hydrogen-bond acceptors (Lipinski definition) is 6. The number of anilines is 1. The highest BCUT2D eigenvalue weighted by Crippen LogP contribution is 2.33. The van der Waals surface area contributed by atoms with E-state index in [2.05, 4.69) is 5.32 Å². The molecule has 200 valence electrons. The van der Waals surface area contributed by atoms with E-state index < -0.39 is 6.03 Å². The van der Waals surface area contributed by atoms with E-state index in [0.717, 1.165) is 24.2 Å². The summed E-state index contributed by atoms with van der Waals surface area (Å²) < 4.78 is 22.5. The summed E-state index contributed by atoms with van der Waals surface area (Å²) in [6, 6.07) is 15.8. The van der Waals surface area contributed by atoms with Gasteiger partial charge < -0.3 is 33.7 Å². The molecular weight excluding hydrogens is 510 g/mol. The molecule has 1 unspecified atom stereocenters. The number of aryl methyl sites for hydroxylation is 1. The van der Waals surface area contributed by atoms with Crippen molar-refractivity contribution in [1.29, 1.82) is 0 Å². The molecule has 1 atom stereocenters. The van der Waals surface area contributed by atoms with Crippen molar-refractivity contribution in [2.75, 3.05) is 31.8 Å². The lowest BCUT2D eigenvalue weighted by atomic mass is 10.1. The Balaban J connectivity index is 1.34. The summed E-state index contributed by atoms with van der Waals surface area (Å²) in [6.45, 7) is 3.41. The fourth-order valence-electron chi connectivity index (χ4n) is 4.54. The molecule has 1 aromatic heterocycles. The number of hydrogen-bond donors (Lipinski definition) is 1. The van der Waals surface area contributed by atoms with Crippen LogP contribution in [0, 0.1) is 6.92 Å². The smallest absolute Gasteiger partial charge is 0.322 e. The molecule has 0 radical (unpaired) electrons. The average Bonchev–Trinajstić information content (AvgIpc) is 3.65. The molecule has 0 bridgehead atoms. The van der Waals surface area contributed by atoms with Gasteiger partial charge in [-0.15, -0.1) is 0 Å². The zero-order valence-corrected chi connectivity index (χ0v) is 21.9.